The highest BCUT2D eigenvalue weighted by Crippen LogP contribution is 2.36. The first-order chi connectivity index (χ1) is 16.5. The van der Waals surface area contributed by atoms with Gasteiger partial charge in [-0.05, 0) is 86.8 Å². The van der Waals surface area contributed by atoms with Crippen LogP contribution in [0, 0.1) is 0 Å². The number of aryl methyl sites for hydroxylation is 2. The summed E-state index contributed by atoms with van der Waals surface area (Å²) < 4.78 is 33.4. The predicted octanol–water partition coefficient (Wildman–Crippen LogP) is 5.46. The Morgan fingerprint density at radius 1 is 0.912 bits per heavy atom. The molecular weight excluding hydrogens is 444 g/mol. The summed E-state index contributed by atoms with van der Waals surface area (Å²) >= 11 is 0. The van der Waals surface area contributed by atoms with Gasteiger partial charge in [0, 0.05) is 23.6 Å². The van der Waals surface area contributed by atoms with Gasteiger partial charge in [0.25, 0.3) is 0 Å². The highest BCUT2D eigenvalue weighted by atomic mass is 32.2. The molecule has 0 radical (unpaired) electrons. The summed E-state index contributed by atoms with van der Waals surface area (Å²) in [7, 11) is -1.71. The number of piperidine rings is 1. The molecule has 5 nitrogen and oxygen atoms in total. The maximum Gasteiger partial charge on any atom is 0.339 e. The highest BCUT2D eigenvalue weighted by Gasteiger charge is 2.23. The lowest BCUT2D eigenvalue weighted by molar-refractivity contribution is 0.256. The van der Waals surface area contributed by atoms with E-state index >= 15 is 0 Å². The van der Waals surface area contributed by atoms with Gasteiger partial charge in [-0.2, -0.15) is 8.42 Å². The van der Waals surface area contributed by atoms with Crippen molar-refractivity contribution in [3.8, 4) is 5.75 Å². The number of nitrogens with zero attached hydrogens (tertiary/aromatic N) is 2. The van der Waals surface area contributed by atoms with Gasteiger partial charge in [-0.3, -0.25) is 0 Å². The molecule has 0 unspecified atom stereocenters. The summed E-state index contributed by atoms with van der Waals surface area (Å²) in [5.41, 5.74) is 3.71. The first kappa shape index (κ1) is 22.7. The van der Waals surface area contributed by atoms with Crippen molar-refractivity contribution in [1.82, 2.24) is 9.47 Å². The maximum atomic E-state index is 12.8. The van der Waals surface area contributed by atoms with Crippen molar-refractivity contribution in [2.24, 2.45) is 0 Å². The molecule has 0 spiro atoms. The summed E-state index contributed by atoms with van der Waals surface area (Å²) in [5, 5.41) is 1.09. The molecule has 1 saturated heterocycles. The van der Waals surface area contributed by atoms with Gasteiger partial charge in [-0.25, -0.2) is 0 Å². The van der Waals surface area contributed by atoms with E-state index in [9.17, 15) is 8.42 Å². The molecule has 0 amide bonds. The molecule has 6 heteroatoms. The second-order valence-corrected chi connectivity index (χ2v) is 10.7. The van der Waals surface area contributed by atoms with Crippen LogP contribution in [0.3, 0.4) is 0 Å². The number of rotatable bonds is 7. The van der Waals surface area contributed by atoms with Crippen molar-refractivity contribution >= 4 is 21.0 Å². The Bertz CT molecular complexity index is 1360. The zero-order valence-electron chi connectivity index (χ0n) is 19.4. The molecule has 0 aliphatic carbocycles. The predicted molar refractivity (Wildman–Crippen MR) is 136 cm³/mol. The van der Waals surface area contributed by atoms with Crippen LogP contribution in [0.25, 0.3) is 10.9 Å². The summed E-state index contributed by atoms with van der Waals surface area (Å²) in [6.07, 6.45) is 5.42. The first-order valence-corrected chi connectivity index (χ1v) is 13.3. The van der Waals surface area contributed by atoms with E-state index in [0.717, 1.165) is 49.8 Å². The van der Waals surface area contributed by atoms with Crippen LogP contribution in [0.4, 0.5) is 0 Å². The van der Waals surface area contributed by atoms with E-state index in [1.54, 1.807) is 36.4 Å². The molecule has 2 heterocycles. The number of likely N-dealkylation sites (tertiary alicyclic amines) is 1. The summed E-state index contributed by atoms with van der Waals surface area (Å²) in [4.78, 5) is 2.53. The molecule has 3 aromatic carbocycles. The van der Waals surface area contributed by atoms with Crippen molar-refractivity contribution in [3.05, 3.63) is 96.2 Å². The zero-order chi connectivity index (χ0) is 23.5. The highest BCUT2D eigenvalue weighted by molar-refractivity contribution is 7.87. The Balaban J connectivity index is 1.49. The van der Waals surface area contributed by atoms with Gasteiger partial charge in [-0.1, -0.05) is 48.5 Å². The number of hydrogen-bond acceptors (Lipinski definition) is 4. The molecule has 0 bridgehead atoms. The molecule has 0 atom stereocenters. The fourth-order valence-electron chi connectivity index (χ4n) is 4.84. The molecule has 176 valence electrons. The SMILES string of the molecule is CN1CCC(c2cn(CCc3ccccc3)c3ccc(OS(=O)(=O)c4ccccc4)cc23)CC1. The lowest BCUT2D eigenvalue weighted by atomic mass is 9.89. The maximum absolute atomic E-state index is 12.8. The van der Waals surface area contributed by atoms with Gasteiger partial charge in [0.2, 0.25) is 0 Å². The van der Waals surface area contributed by atoms with Crippen molar-refractivity contribution in [3.63, 3.8) is 0 Å². The molecule has 4 aromatic rings. The van der Waals surface area contributed by atoms with Gasteiger partial charge in [-0.15, -0.1) is 0 Å². The van der Waals surface area contributed by atoms with E-state index in [1.165, 1.54) is 11.1 Å². The Labute approximate surface area is 201 Å². The lowest BCUT2D eigenvalue weighted by Crippen LogP contribution is -2.29. The van der Waals surface area contributed by atoms with Crippen LogP contribution in [0.1, 0.15) is 29.9 Å². The molecule has 0 saturated carbocycles. The molecule has 1 aliphatic rings. The van der Waals surface area contributed by atoms with Crippen molar-refractivity contribution in [2.45, 2.75) is 36.6 Å². The Kier molecular flexibility index (Phi) is 6.44. The minimum absolute atomic E-state index is 0.158. The second kappa shape index (κ2) is 9.65. The third-order valence-corrected chi connectivity index (χ3v) is 8.03. The quantitative estimate of drug-likeness (QED) is 0.334. The van der Waals surface area contributed by atoms with Crippen molar-refractivity contribution in [2.75, 3.05) is 20.1 Å². The van der Waals surface area contributed by atoms with Crippen LogP contribution in [-0.4, -0.2) is 38.0 Å². The van der Waals surface area contributed by atoms with E-state index in [0.29, 0.717) is 11.7 Å². The average molecular weight is 475 g/mol. The third kappa shape index (κ3) is 4.88. The second-order valence-electron chi connectivity index (χ2n) is 9.12. The van der Waals surface area contributed by atoms with Gasteiger partial charge >= 0.3 is 10.1 Å². The van der Waals surface area contributed by atoms with Gasteiger partial charge in [0.05, 0.1) is 0 Å². The summed E-state index contributed by atoms with van der Waals surface area (Å²) in [6, 6.07) is 24.5. The Morgan fingerprint density at radius 3 is 2.29 bits per heavy atom. The molecule has 1 aliphatic heterocycles. The number of benzene rings is 3. The van der Waals surface area contributed by atoms with Crippen molar-refractivity contribution in [1.29, 1.82) is 0 Å². The smallest absolute Gasteiger partial charge is 0.339 e. The summed E-state index contributed by atoms with van der Waals surface area (Å²) in [6.45, 7) is 3.01. The average Bonchev–Trinajstić information content (AvgIpc) is 3.22. The largest absolute Gasteiger partial charge is 0.379 e. The molecule has 1 fully saturated rings. The lowest BCUT2D eigenvalue weighted by Gasteiger charge is -2.28. The number of hydrogen-bond donors (Lipinski definition) is 0. The van der Waals surface area contributed by atoms with E-state index in [1.807, 2.05) is 18.2 Å². The Morgan fingerprint density at radius 2 is 1.59 bits per heavy atom. The zero-order valence-corrected chi connectivity index (χ0v) is 20.2. The standard InChI is InChI=1S/C28H30N2O3S/c1-29-17-15-23(16-18-29)27-21-30(19-14-22-8-4-2-5-9-22)28-13-12-24(20-26(27)28)33-34(31,32)25-10-6-3-7-11-25/h2-13,20-21,23H,14-19H2,1H3. The van der Waals surface area contributed by atoms with E-state index < -0.39 is 10.1 Å². The van der Waals surface area contributed by atoms with Gasteiger partial charge in [0.15, 0.2) is 0 Å². The van der Waals surface area contributed by atoms with Crippen LogP contribution >= 0.6 is 0 Å². The fourth-order valence-corrected chi connectivity index (χ4v) is 5.79. The number of aromatic nitrogens is 1. The van der Waals surface area contributed by atoms with Crippen LogP contribution in [0.2, 0.25) is 0 Å². The first-order valence-electron chi connectivity index (χ1n) is 11.8. The Hall–Kier alpha value is -3.09. The van der Waals surface area contributed by atoms with Crippen LogP contribution in [0.5, 0.6) is 5.75 Å². The normalized spacial score (nSPS) is 15.6. The van der Waals surface area contributed by atoms with E-state index in [2.05, 4.69) is 47.0 Å². The molecule has 5 rings (SSSR count). The fraction of sp³-hybridized carbons (Fsp3) is 0.286. The van der Waals surface area contributed by atoms with Crippen LogP contribution in [0.15, 0.2) is 90.0 Å². The molecule has 34 heavy (non-hydrogen) atoms. The van der Waals surface area contributed by atoms with Gasteiger partial charge in [0.1, 0.15) is 10.6 Å². The molecule has 0 N–H and O–H groups in total. The monoisotopic (exact) mass is 474 g/mol. The molecule has 1 aromatic heterocycles. The van der Waals surface area contributed by atoms with E-state index in [4.69, 9.17) is 4.18 Å². The van der Waals surface area contributed by atoms with Crippen molar-refractivity contribution < 1.29 is 12.6 Å². The van der Waals surface area contributed by atoms with Crippen LogP contribution < -0.4 is 4.18 Å². The van der Waals surface area contributed by atoms with E-state index in [-0.39, 0.29) is 4.90 Å². The minimum atomic E-state index is -3.88. The summed E-state index contributed by atoms with van der Waals surface area (Å²) in [5.74, 6) is 0.809. The molecular formula is C28H30N2O3S. The van der Waals surface area contributed by atoms with Gasteiger partial charge < -0.3 is 13.7 Å². The van der Waals surface area contributed by atoms with Crippen LogP contribution in [-0.2, 0) is 23.1 Å². The third-order valence-electron chi connectivity index (χ3n) is 6.76. The minimum Gasteiger partial charge on any atom is -0.379 e. The number of fused-ring (bicyclic) bond motifs is 1. The topological polar surface area (TPSA) is 51.5 Å².